The van der Waals surface area contributed by atoms with Gasteiger partial charge in [-0.1, -0.05) is 15.9 Å². The highest BCUT2D eigenvalue weighted by Gasteiger charge is 2.17. The minimum atomic E-state index is -3.67. The van der Waals surface area contributed by atoms with Crippen LogP contribution in [0.1, 0.15) is 23.7 Å². The molecule has 1 atom stereocenters. The lowest BCUT2D eigenvalue weighted by Crippen LogP contribution is -2.35. The van der Waals surface area contributed by atoms with Crippen molar-refractivity contribution in [2.45, 2.75) is 24.3 Å². The third-order valence-corrected chi connectivity index (χ3v) is 6.10. The number of hydrogen-bond donors (Lipinski definition) is 3. The van der Waals surface area contributed by atoms with Crippen molar-refractivity contribution < 1.29 is 22.7 Å². The minimum Gasteiger partial charge on any atom is -0.383 e. The Kier molecular flexibility index (Phi) is 8.97. The van der Waals surface area contributed by atoms with Crippen molar-refractivity contribution in [3.63, 3.8) is 0 Å². The summed E-state index contributed by atoms with van der Waals surface area (Å²) in [6.07, 6.45) is 0.0818. The molecule has 0 aromatic heterocycles. The first kappa shape index (κ1) is 24.0. The molecular weight excluding hydrogens is 474 g/mol. The lowest BCUT2D eigenvalue weighted by molar-refractivity contribution is -0.116. The maximum atomic E-state index is 12.3. The summed E-state index contributed by atoms with van der Waals surface area (Å²) in [7, 11) is -2.18. The van der Waals surface area contributed by atoms with Gasteiger partial charge in [-0.2, -0.15) is 0 Å². The van der Waals surface area contributed by atoms with E-state index < -0.39 is 10.0 Å². The third-order valence-electron chi connectivity index (χ3n) is 3.97. The number of hydrogen-bond acceptors (Lipinski definition) is 5. The number of ether oxygens (including phenoxy) is 1. The van der Waals surface area contributed by atoms with Gasteiger partial charge in [0.2, 0.25) is 15.9 Å². The van der Waals surface area contributed by atoms with Crippen LogP contribution in [-0.4, -0.2) is 46.5 Å². The number of benzene rings is 2. The first-order chi connectivity index (χ1) is 14.2. The summed E-state index contributed by atoms with van der Waals surface area (Å²) in [4.78, 5) is 24.2. The molecule has 0 saturated heterocycles. The molecule has 0 saturated carbocycles. The van der Waals surface area contributed by atoms with Crippen molar-refractivity contribution >= 4 is 43.5 Å². The monoisotopic (exact) mass is 497 g/mol. The topological polar surface area (TPSA) is 114 Å². The van der Waals surface area contributed by atoms with Crippen LogP contribution >= 0.6 is 15.9 Å². The van der Waals surface area contributed by atoms with Crippen molar-refractivity contribution in [3.8, 4) is 0 Å². The van der Waals surface area contributed by atoms with E-state index in [0.717, 1.165) is 4.47 Å². The van der Waals surface area contributed by atoms with E-state index in [9.17, 15) is 18.0 Å². The molecular formula is C20H24BrN3O5S. The second-order valence-corrected chi connectivity index (χ2v) is 9.19. The molecule has 0 bridgehead atoms. The van der Waals surface area contributed by atoms with Gasteiger partial charge in [0.1, 0.15) is 0 Å². The summed E-state index contributed by atoms with van der Waals surface area (Å²) in [5.41, 5.74) is 0.965. The van der Waals surface area contributed by atoms with Gasteiger partial charge in [0.25, 0.3) is 5.91 Å². The molecule has 3 N–H and O–H groups in total. The zero-order valence-electron chi connectivity index (χ0n) is 16.6. The van der Waals surface area contributed by atoms with Crippen LogP contribution in [0.15, 0.2) is 57.9 Å². The average Bonchev–Trinajstić information content (AvgIpc) is 2.68. The van der Waals surface area contributed by atoms with Crippen molar-refractivity contribution in [2.24, 2.45) is 0 Å². The van der Waals surface area contributed by atoms with Crippen molar-refractivity contribution in [3.05, 3.63) is 58.6 Å². The van der Waals surface area contributed by atoms with Gasteiger partial charge in [0.15, 0.2) is 0 Å². The van der Waals surface area contributed by atoms with E-state index in [1.54, 1.807) is 31.2 Å². The molecule has 0 spiro atoms. The average molecular weight is 498 g/mol. The van der Waals surface area contributed by atoms with Crippen molar-refractivity contribution in [1.82, 2.24) is 10.0 Å². The SMILES string of the molecule is COCC(C)NS(=O)(=O)c1ccc(NC(=O)CCNC(=O)c2ccc(Br)cc2)cc1. The summed E-state index contributed by atoms with van der Waals surface area (Å²) in [6, 6.07) is 12.4. The highest BCUT2D eigenvalue weighted by molar-refractivity contribution is 9.10. The van der Waals surface area contributed by atoms with Crippen molar-refractivity contribution in [2.75, 3.05) is 25.6 Å². The van der Waals surface area contributed by atoms with Crippen LogP contribution in [0, 0.1) is 0 Å². The summed E-state index contributed by atoms with van der Waals surface area (Å²) in [5.74, 6) is -0.561. The molecule has 0 heterocycles. The Balaban J connectivity index is 1.82. The van der Waals surface area contributed by atoms with Gasteiger partial charge in [-0.15, -0.1) is 0 Å². The summed E-state index contributed by atoms with van der Waals surface area (Å²) < 4.78 is 32.9. The Morgan fingerprint density at radius 3 is 2.30 bits per heavy atom. The number of sulfonamides is 1. The van der Waals surface area contributed by atoms with Crippen LogP contribution in [0.25, 0.3) is 0 Å². The Morgan fingerprint density at radius 1 is 1.07 bits per heavy atom. The normalized spacial score (nSPS) is 12.2. The van der Waals surface area contributed by atoms with Crippen LogP contribution in [-0.2, 0) is 19.6 Å². The summed E-state index contributed by atoms with van der Waals surface area (Å²) >= 11 is 3.30. The predicted octanol–water partition coefficient (Wildman–Crippen LogP) is 2.52. The highest BCUT2D eigenvalue weighted by atomic mass is 79.9. The number of anilines is 1. The van der Waals surface area contributed by atoms with Gasteiger partial charge in [0.05, 0.1) is 11.5 Å². The number of halogens is 1. The number of carbonyl (C=O) groups is 2. The third kappa shape index (κ3) is 7.52. The van der Waals surface area contributed by atoms with Gasteiger partial charge < -0.3 is 15.4 Å². The number of carbonyl (C=O) groups excluding carboxylic acids is 2. The van der Waals surface area contributed by atoms with E-state index in [0.29, 0.717) is 11.3 Å². The Bertz CT molecular complexity index is 963. The van der Waals surface area contributed by atoms with E-state index in [4.69, 9.17) is 4.74 Å². The van der Waals surface area contributed by atoms with E-state index in [1.807, 2.05) is 0 Å². The molecule has 10 heteroatoms. The zero-order valence-corrected chi connectivity index (χ0v) is 19.0. The second-order valence-electron chi connectivity index (χ2n) is 6.56. The van der Waals surface area contributed by atoms with Crippen LogP contribution in [0.5, 0.6) is 0 Å². The molecule has 0 fully saturated rings. The molecule has 0 aliphatic heterocycles. The molecule has 2 rings (SSSR count). The molecule has 0 aliphatic carbocycles. The molecule has 0 aliphatic rings. The van der Waals surface area contributed by atoms with E-state index >= 15 is 0 Å². The van der Waals surface area contributed by atoms with Gasteiger partial charge >= 0.3 is 0 Å². The Labute approximate surface area is 184 Å². The lowest BCUT2D eigenvalue weighted by atomic mass is 10.2. The fraction of sp³-hybridized carbons (Fsp3) is 0.300. The van der Waals surface area contributed by atoms with E-state index in [1.165, 1.54) is 31.4 Å². The lowest BCUT2D eigenvalue weighted by Gasteiger charge is -2.13. The van der Waals surface area contributed by atoms with Crippen LogP contribution in [0.2, 0.25) is 0 Å². The van der Waals surface area contributed by atoms with Crippen molar-refractivity contribution in [1.29, 1.82) is 0 Å². The smallest absolute Gasteiger partial charge is 0.251 e. The predicted molar refractivity (Wildman–Crippen MR) is 118 cm³/mol. The summed E-state index contributed by atoms with van der Waals surface area (Å²) in [5, 5.41) is 5.35. The highest BCUT2D eigenvalue weighted by Crippen LogP contribution is 2.15. The minimum absolute atomic E-state index is 0.0818. The number of amides is 2. The quantitative estimate of drug-likeness (QED) is 0.466. The first-order valence-electron chi connectivity index (χ1n) is 9.16. The van der Waals surface area contributed by atoms with E-state index in [-0.39, 0.29) is 42.3 Å². The van der Waals surface area contributed by atoms with Crippen LogP contribution < -0.4 is 15.4 Å². The molecule has 2 aromatic carbocycles. The zero-order chi connectivity index (χ0) is 22.1. The summed E-state index contributed by atoms with van der Waals surface area (Å²) in [6.45, 7) is 2.13. The van der Waals surface area contributed by atoms with Crippen LogP contribution in [0.3, 0.4) is 0 Å². The fourth-order valence-electron chi connectivity index (χ4n) is 2.55. The van der Waals surface area contributed by atoms with E-state index in [2.05, 4.69) is 31.3 Å². The molecule has 8 nitrogen and oxygen atoms in total. The fourth-order valence-corrected chi connectivity index (χ4v) is 4.04. The molecule has 2 aromatic rings. The first-order valence-corrected chi connectivity index (χ1v) is 11.4. The van der Waals surface area contributed by atoms with Gasteiger partial charge in [0, 0.05) is 41.8 Å². The van der Waals surface area contributed by atoms with Gasteiger partial charge in [-0.3, -0.25) is 9.59 Å². The maximum Gasteiger partial charge on any atom is 0.251 e. The maximum absolute atomic E-state index is 12.3. The van der Waals surface area contributed by atoms with Gasteiger partial charge in [-0.25, -0.2) is 13.1 Å². The molecule has 162 valence electrons. The number of rotatable bonds is 10. The van der Waals surface area contributed by atoms with Crippen LogP contribution in [0.4, 0.5) is 5.69 Å². The molecule has 30 heavy (non-hydrogen) atoms. The molecule has 0 radical (unpaired) electrons. The molecule has 2 amide bonds. The number of methoxy groups -OCH3 is 1. The Morgan fingerprint density at radius 2 is 1.70 bits per heavy atom. The molecule has 1 unspecified atom stereocenters. The largest absolute Gasteiger partial charge is 0.383 e. The number of nitrogens with one attached hydrogen (secondary N) is 3. The Hall–Kier alpha value is -2.27. The van der Waals surface area contributed by atoms with Gasteiger partial charge in [-0.05, 0) is 55.5 Å². The standard InChI is InChI=1S/C20H24BrN3O5S/c1-14(13-29-2)24-30(27,28)18-9-7-17(8-10-18)23-19(25)11-12-22-20(26)15-3-5-16(21)6-4-15/h3-10,14,24H,11-13H2,1-2H3,(H,22,26)(H,23,25). The second kappa shape index (κ2) is 11.2.